The van der Waals surface area contributed by atoms with Gasteiger partial charge in [-0.15, -0.1) is 0 Å². The number of carbonyl (C=O) groups excluding carboxylic acids is 4. The van der Waals surface area contributed by atoms with Crippen LogP contribution >= 0.6 is 0 Å². The highest BCUT2D eigenvalue weighted by molar-refractivity contribution is 7.87. The van der Waals surface area contributed by atoms with E-state index in [-0.39, 0.29) is 24.3 Å². The second-order valence-corrected chi connectivity index (χ2v) is 15.0. The molecule has 1 saturated carbocycles. The van der Waals surface area contributed by atoms with Crippen molar-refractivity contribution in [3.05, 3.63) is 12.2 Å². The quantitative estimate of drug-likeness (QED) is 0.398. The molecule has 4 rings (SSSR count). The average molecular weight is 624 g/mol. The Balaban J connectivity index is 1.54. The van der Waals surface area contributed by atoms with Crippen LogP contribution in [0.15, 0.2) is 12.2 Å². The third-order valence-electron chi connectivity index (χ3n) is 8.90. The Bertz CT molecular complexity index is 1200. The van der Waals surface area contributed by atoms with Gasteiger partial charge in [0.15, 0.2) is 0 Å². The van der Waals surface area contributed by atoms with Crippen LogP contribution in [-0.4, -0.2) is 83.8 Å². The van der Waals surface area contributed by atoms with Gasteiger partial charge in [0.1, 0.15) is 23.2 Å². The van der Waals surface area contributed by atoms with Crippen molar-refractivity contribution >= 4 is 34.0 Å². The van der Waals surface area contributed by atoms with E-state index in [0.29, 0.717) is 45.2 Å². The smallest absolute Gasteiger partial charge is 0.408 e. The molecule has 43 heavy (non-hydrogen) atoms. The Hall–Kier alpha value is -2.67. The van der Waals surface area contributed by atoms with Crippen molar-refractivity contribution < 1.29 is 32.3 Å². The second-order valence-electron chi connectivity index (χ2n) is 13.3. The highest BCUT2D eigenvalue weighted by Gasteiger charge is 2.61. The lowest BCUT2D eigenvalue weighted by atomic mass is 10.0. The largest absolute Gasteiger partial charge is 0.444 e. The summed E-state index contributed by atoms with van der Waals surface area (Å²) in [5.41, 5.74) is -2.15. The van der Waals surface area contributed by atoms with Gasteiger partial charge in [-0.25, -0.2) is 9.52 Å². The molecule has 3 fully saturated rings. The number of hydrogen-bond acceptors (Lipinski definition) is 7. The first-order chi connectivity index (χ1) is 20.3. The molecule has 1 aliphatic carbocycles. The highest BCUT2D eigenvalue weighted by Crippen LogP contribution is 2.46. The summed E-state index contributed by atoms with van der Waals surface area (Å²) in [7, 11) is -4.10. The zero-order valence-corrected chi connectivity index (χ0v) is 26.8. The van der Waals surface area contributed by atoms with Gasteiger partial charge in [-0.3, -0.25) is 14.4 Å². The molecule has 3 heterocycles. The second kappa shape index (κ2) is 13.5. The van der Waals surface area contributed by atoms with Crippen molar-refractivity contribution in [2.75, 3.05) is 13.1 Å². The van der Waals surface area contributed by atoms with Gasteiger partial charge >= 0.3 is 16.3 Å². The van der Waals surface area contributed by atoms with E-state index in [2.05, 4.69) is 15.4 Å². The highest BCUT2D eigenvalue weighted by atomic mass is 32.2. The van der Waals surface area contributed by atoms with Gasteiger partial charge in [-0.1, -0.05) is 38.3 Å². The van der Waals surface area contributed by atoms with Gasteiger partial charge < -0.3 is 20.3 Å². The predicted octanol–water partition coefficient (Wildman–Crippen LogP) is 2.89. The molecule has 2 unspecified atom stereocenters. The summed E-state index contributed by atoms with van der Waals surface area (Å²) in [6.45, 7) is 7.86. The SMILES string of the molecule is CCC1CCCCN1S(=O)(=O)NC(=O)[C@@]12C[C@H]1C=CCCCCCC(NC(=O)OC(C)(C)C)C(=O)N1CCC[C@H]1C(=O)N2. The van der Waals surface area contributed by atoms with Crippen LogP contribution < -0.4 is 15.4 Å². The number of nitrogens with one attached hydrogen (secondary N) is 3. The van der Waals surface area contributed by atoms with Crippen LogP contribution in [0, 0.1) is 5.92 Å². The van der Waals surface area contributed by atoms with Crippen LogP contribution in [0.25, 0.3) is 0 Å². The van der Waals surface area contributed by atoms with Gasteiger partial charge in [0.2, 0.25) is 11.8 Å². The van der Waals surface area contributed by atoms with E-state index < -0.39 is 51.3 Å². The van der Waals surface area contributed by atoms with Gasteiger partial charge in [-0.05, 0) is 78.6 Å². The number of ether oxygens (including phenoxy) is 1. The number of fused-ring (bicyclic) bond motifs is 2. The molecule has 13 heteroatoms. The number of rotatable bonds is 5. The summed E-state index contributed by atoms with van der Waals surface area (Å²) in [4.78, 5) is 55.2. The zero-order chi connectivity index (χ0) is 31.4. The Morgan fingerprint density at radius 2 is 1.79 bits per heavy atom. The fourth-order valence-corrected chi connectivity index (χ4v) is 8.06. The summed E-state index contributed by atoms with van der Waals surface area (Å²) in [5, 5.41) is 5.59. The topological polar surface area (TPSA) is 154 Å². The van der Waals surface area contributed by atoms with E-state index in [4.69, 9.17) is 4.74 Å². The van der Waals surface area contributed by atoms with Gasteiger partial charge in [0.25, 0.3) is 5.91 Å². The van der Waals surface area contributed by atoms with Crippen LogP contribution in [0.4, 0.5) is 4.79 Å². The first kappa shape index (κ1) is 33.2. The van der Waals surface area contributed by atoms with E-state index >= 15 is 0 Å². The molecule has 0 bridgehead atoms. The minimum Gasteiger partial charge on any atom is -0.444 e. The fourth-order valence-electron chi connectivity index (χ4n) is 6.51. The number of alkyl carbamates (subject to hydrolysis) is 1. The van der Waals surface area contributed by atoms with Crippen molar-refractivity contribution in [2.24, 2.45) is 5.92 Å². The zero-order valence-electron chi connectivity index (χ0n) is 26.0. The molecule has 0 aromatic heterocycles. The first-order valence-corrected chi connectivity index (χ1v) is 17.3. The van der Waals surface area contributed by atoms with Crippen molar-refractivity contribution in [3.63, 3.8) is 0 Å². The summed E-state index contributed by atoms with van der Waals surface area (Å²) in [5.74, 6) is -1.96. The minimum absolute atomic E-state index is 0.172. The molecule has 0 radical (unpaired) electrons. The average Bonchev–Trinajstić information content (AvgIpc) is 3.39. The molecule has 3 aliphatic heterocycles. The lowest BCUT2D eigenvalue weighted by Gasteiger charge is -2.34. The molecule has 0 spiro atoms. The van der Waals surface area contributed by atoms with E-state index in [1.165, 1.54) is 9.21 Å². The fraction of sp³-hybridized carbons (Fsp3) is 0.800. The number of allylic oxidation sites excluding steroid dienone is 1. The molecule has 5 atom stereocenters. The standard InChI is InChI=1S/C30H49N5O7S/c1-5-22-15-11-12-19-35(22)43(40,41)33-27(38)30-20-21(30)14-9-7-6-8-10-16-23(31-28(39)42-29(2,3)4)26(37)34-18-13-17-24(34)25(36)32-30/h9,14,21-24H,5-8,10-13,15-20H2,1-4H3,(H,31,39)(H,32,36)(H,33,38)/t21-,22?,23?,24+,30-/m1/s1. The first-order valence-electron chi connectivity index (χ1n) is 15.9. The van der Waals surface area contributed by atoms with Crippen molar-refractivity contribution in [2.45, 2.75) is 134 Å². The number of piperidine rings is 1. The Morgan fingerprint density at radius 1 is 1.05 bits per heavy atom. The molecule has 0 aromatic carbocycles. The minimum atomic E-state index is -4.10. The van der Waals surface area contributed by atoms with E-state index in [1.807, 2.05) is 19.1 Å². The number of hydrogen-bond donors (Lipinski definition) is 3. The summed E-state index contributed by atoms with van der Waals surface area (Å²) in [6.07, 6.45) is 11.0. The van der Waals surface area contributed by atoms with Gasteiger partial charge in [0.05, 0.1) is 0 Å². The molecule has 0 aromatic rings. The molecular weight excluding hydrogens is 574 g/mol. The van der Waals surface area contributed by atoms with Crippen LogP contribution in [0.3, 0.4) is 0 Å². The maximum atomic E-state index is 13.7. The number of nitrogens with zero attached hydrogens (tertiary/aromatic N) is 2. The molecule has 12 nitrogen and oxygen atoms in total. The molecule has 4 amide bonds. The van der Waals surface area contributed by atoms with Crippen LogP contribution in [-0.2, 0) is 29.3 Å². The summed E-state index contributed by atoms with van der Waals surface area (Å²) in [6, 6.07) is -1.86. The third-order valence-corrected chi connectivity index (χ3v) is 10.4. The third kappa shape index (κ3) is 8.09. The number of carbonyl (C=O) groups is 4. The number of amides is 4. The van der Waals surface area contributed by atoms with Crippen LogP contribution in [0.2, 0.25) is 0 Å². The molecular formula is C30H49N5O7S. The lowest BCUT2D eigenvalue weighted by molar-refractivity contribution is -0.141. The normalized spacial score (nSPS) is 31.1. The van der Waals surface area contributed by atoms with Gasteiger partial charge in [0, 0.05) is 25.0 Å². The maximum Gasteiger partial charge on any atom is 0.408 e. The lowest BCUT2D eigenvalue weighted by Crippen LogP contribution is -2.59. The Kier molecular flexibility index (Phi) is 10.5. The van der Waals surface area contributed by atoms with E-state index in [0.717, 1.165) is 38.5 Å². The Labute approximate surface area is 255 Å². The summed E-state index contributed by atoms with van der Waals surface area (Å²) < 4.78 is 35.8. The molecule has 3 N–H and O–H groups in total. The van der Waals surface area contributed by atoms with E-state index in [9.17, 15) is 27.6 Å². The summed E-state index contributed by atoms with van der Waals surface area (Å²) >= 11 is 0. The van der Waals surface area contributed by atoms with Crippen molar-refractivity contribution in [3.8, 4) is 0 Å². The Morgan fingerprint density at radius 3 is 2.51 bits per heavy atom. The van der Waals surface area contributed by atoms with Crippen molar-refractivity contribution in [1.29, 1.82) is 0 Å². The molecule has 4 aliphatic rings. The van der Waals surface area contributed by atoms with Crippen molar-refractivity contribution in [1.82, 2.24) is 24.6 Å². The maximum absolute atomic E-state index is 13.7. The molecule has 242 valence electrons. The van der Waals surface area contributed by atoms with E-state index in [1.54, 1.807) is 20.8 Å². The van der Waals surface area contributed by atoms with Crippen LogP contribution in [0.5, 0.6) is 0 Å². The predicted molar refractivity (Wildman–Crippen MR) is 161 cm³/mol. The van der Waals surface area contributed by atoms with Gasteiger partial charge in [-0.2, -0.15) is 12.7 Å². The monoisotopic (exact) mass is 623 g/mol. The molecule has 2 saturated heterocycles. The van der Waals surface area contributed by atoms with Crippen LogP contribution in [0.1, 0.15) is 105 Å².